The number of nitrogen functional groups attached to an aromatic ring is 1. The van der Waals surface area contributed by atoms with Gasteiger partial charge in [0.1, 0.15) is 0 Å². The minimum Gasteiger partial charge on any atom is -0.465 e. The average molecular weight is 268 g/mol. The molecule has 0 saturated heterocycles. The van der Waals surface area contributed by atoms with Crippen LogP contribution in [0.5, 0.6) is 0 Å². The Morgan fingerprint density at radius 3 is 2.89 bits per heavy atom. The Morgan fingerprint density at radius 1 is 1.56 bits per heavy atom. The molecule has 1 unspecified atom stereocenters. The molecule has 1 aromatic rings. The number of nitrogens with two attached hydrogens (primary N) is 1. The number of methoxy groups -OCH3 is 1. The molecule has 3 N–H and O–H groups in total. The summed E-state index contributed by atoms with van der Waals surface area (Å²) >= 11 is 1.83. The van der Waals surface area contributed by atoms with Crippen LogP contribution in [0.3, 0.4) is 0 Å². The molecule has 0 fully saturated rings. The van der Waals surface area contributed by atoms with Crippen LogP contribution in [0.25, 0.3) is 0 Å². The van der Waals surface area contributed by atoms with Gasteiger partial charge in [-0.25, -0.2) is 4.79 Å². The molecular formula is C13H20N2O2S. The SMILES string of the molecule is COC(=O)c1ccc(N)c(NCCC(C)SC)c1. The minimum atomic E-state index is -0.351. The number of hydrogen-bond acceptors (Lipinski definition) is 5. The van der Waals surface area contributed by atoms with Crippen molar-refractivity contribution in [2.75, 3.05) is 31.0 Å². The molecule has 0 saturated carbocycles. The molecule has 4 nitrogen and oxygen atoms in total. The maximum absolute atomic E-state index is 11.4. The molecule has 1 rings (SSSR count). The summed E-state index contributed by atoms with van der Waals surface area (Å²) in [5, 5.41) is 3.85. The summed E-state index contributed by atoms with van der Waals surface area (Å²) in [4.78, 5) is 11.4. The number of esters is 1. The van der Waals surface area contributed by atoms with Crippen LogP contribution in [-0.2, 0) is 4.74 Å². The number of benzene rings is 1. The average Bonchev–Trinajstić information content (AvgIpc) is 2.39. The minimum absolute atomic E-state index is 0.351. The van der Waals surface area contributed by atoms with E-state index >= 15 is 0 Å². The first-order valence-electron chi connectivity index (χ1n) is 5.83. The second-order valence-corrected chi connectivity index (χ2v) is 5.33. The molecule has 0 heterocycles. The van der Waals surface area contributed by atoms with E-state index in [1.54, 1.807) is 18.2 Å². The maximum atomic E-state index is 11.4. The van der Waals surface area contributed by atoms with Crippen molar-refractivity contribution in [1.29, 1.82) is 0 Å². The van der Waals surface area contributed by atoms with Crippen LogP contribution in [0.2, 0.25) is 0 Å². The predicted molar refractivity (Wildman–Crippen MR) is 78.3 cm³/mol. The lowest BCUT2D eigenvalue weighted by molar-refractivity contribution is 0.0601. The molecule has 0 aliphatic carbocycles. The number of ether oxygens (including phenoxy) is 1. The summed E-state index contributed by atoms with van der Waals surface area (Å²) < 4.78 is 4.68. The summed E-state index contributed by atoms with van der Waals surface area (Å²) in [6.45, 7) is 3.01. The normalized spacial score (nSPS) is 11.9. The lowest BCUT2D eigenvalue weighted by atomic mass is 10.1. The van der Waals surface area contributed by atoms with Gasteiger partial charge in [0.05, 0.1) is 24.0 Å². The van der Waals surface area contributed by atoms with Gasteiger partial charge in [0.25, 0.3) is 0 Å². The Morgan fingerprint density at radius 2 is 2.28 bits per heavy atom. The molecule has 0 spiro atoms. The summed E-state index contributed by atoms with van der Waals surface area (Å²) in [5.41, 5.74) is 7.79. The first-order valence-corrected chi connectivity index (χ1v) is 7.11. The van der Waals surface area contributed by atoms with Crippen molar-refractivity contribution in [2.24, 2.45) is 0 Å². The van der Waals surface area contributed by atoms with Crippen molar-refractivity contribution in [3.05, 3.63) is 23.8 Å². The van der Waals surface area contributed by atoms with E-state index in [4.69, 9.17) is 5.73 Å². The molecular weight excluding hydrogens is 248 g/mol. The fraction of sp³-hybridized carbons (Fsp3) is 0.462. The Kier molecular flexibility index (Phi) is 5.85. The van der Waals surface area contributed by atoms with Crippen LogP contribution in [0.4, 0.5) is 11.4 Å². The van der Waals surface area contributed by atoms with Crippen molar-refractivity contribution in [2.45, 2.75) is 18.6 Å². The number of rotatable bonds is 6. The molecule has 18 heavy (non-hydrogen) atoms. The first-order chi connectivity index (χ1) is 8.58. The van der Waals surface area contributed by atoms with E-state index in [1.165, 1.54) is 7.11 Å². The predicted octanol–water partition coefficient (Wildman–Crippen LogP) is 2.61. The summed E-state index contributed by atoms with van der Waals surface area (Å²) in [6.07, 6.45) is 3.14. The van der Waals surface area contributed by atoms with Crippen LogP contribution in [0.1, 0.15) is 23.7 Å². The van der Waals surface area contributed by atoms with E-state index < -0.39 is 0 Å². The van der Waals surface area contributed by atoms with Crippen molar-refractivity contribution < 1.29 is 9.53 Å². The highest BCUT2D eigenvalue weighted by Gasteiger charge is 2.08. The van der Waals surface area contributed by atoms with Gasteiger partial charge < -0.3 is 15.8 Å². The fourth-order valence-electron chi connectivity index (χ4n) is 1.48. The summed E-state index contributed by atoms with van der Waals surface area (Å²) in [5.74, 6) is -0.351. The standard InChI is InChI=1S/C13H20N2O2S/c1-9(18-3)6-7-15-12-8-10(13(16)17-2)4-5-11(12)14/h4-5,8-9,15H,6-7,14H2,1-3H3. The second kappa shape index (κ2) is 7.16. The van der Waals surface area contributed by atoms with Crippen molar-refractivity contribution in [3.63, 3.8) is 0 Å². The van der Waals surface area contributed by atoms with Gasteiger partial charge in [0.15, 0.2) is 0 Å². The van der Waals surface area contributed by atoms with E-state index in [0.29, 0.717) is 16.5 Å². The molecule has 0 aliphatic heterocycles. The molecule has 0 aromatic heterocycles. The van der Waals surface area contributed by atoms with Gasteiger partial charge in [0, 0.05) is 11.8 Å². The highest BCUT2D eigenvalue weighted by atomic mass is 32.2. The molecule has 5 heteroatoms. The van der Waals surface area contributed by atoms with Crippen molar-refractivity contribution >= 4 is 29.1 Å². The number of anilines is 2. The lowest BCUT2D eigenvalue weighted by Gasteiger charge is -2.12. The Balaban J connectivity index is 2.66. The van der Waals surface area contributed by atoms with Gasteiger partial charge in [0.2, 0.25) is 0 Å². The maximum Gasteiger partial charge on any atom is 0.337 e. The quantitative estimate of drug-likeness (QED) is 0.613. The van der Waals surface area contributed by atoms with Gasteiger partial charge in [-0.2, -0.15) is 11.8 Å². The third-order valence-electron chi connectivity index (χ3n) is 2.74. The molecule has 1 aromatic carbocycles. The van der Waals surface area contributed by atoms with E-state index in [-0.39, 0.29) is 5.97 Å². The van der Waals surface area contributed by atoms with Crippen LogP contribution in [0, 0.1) is 0 Å². The molecule has 0 amide bonds. The zero-order valence-corrected chi connectivity index (χ0v) is 11.8. The number of thioether (sulfide) groups is 1. The Hall–Kier alpha value is -1.36. The zero-order valence-electron chi connectivity index (χ0n) is 11.0. The first kappa shape index (κ1) is 14.7. The molecule has 1 atom stereocenters. The van der Waals surface area contributed by atoms with Crippen LogP contribution in [0.15, 0.2) is 18.2 Å². The second-order valence-electron chi connectivity index (χ2n) is 4.06. The molecule has 0 aliphatic rings. The summed E-state index contributed by atoms with van der Waals surface area (Å²) in [6, 6.07) is 5.11. The number of nitrogens with one attached hydrogen (secondary N) is 1. The molecule has 0 bridgehead atoms. The van der Waals surface area contributed by atoms with Gasteiger partial charge in [-0.05, 0) is 30.9 Å². The Labute approximate surface area is 112 Å². The van der Waals surface area contributed by atoms with Gasteiger partial charge >= 0.3 is 5.97 Å². The molecule has 100 valence electrons. The van der Waals surface area contributed by atoms with E-state index in [9.17, 15) is 4.79 Å². The monoisotopic (exact) mass is 268 g/mol. The largest absolute Gasteiger partial charge is 0.465 e. The van der Waals surface area contributed by atoms with Gasteiger partial charge in [-0.1, -0.05) is 6.92 Å². The van der Waals surface area contributed by atoms with E-state index in [2.05, 4.69) is 23.2 Å². The molecule has 0 radical (unpaired) electrons. The van der Waals surface area contributed by atoms with Crippen LogP contribution < -0.4 is 11.1 Å². The zero-order chi connectivity index (χ0) is 13.5. The van der Waals surface area contributed by atoms with Crippen molar-refractivity contribution in [3.8, 4) is 0 Å². The fourth-order valence-corrected chi connectivity index (χ4v) is 1.84. The number of carbonyl (C=O) groups is 1. The third kappa shape index (κ3) is 4.14. The Bertz CT molecular complexity index is 410. The lowest BCUT2D eigenvalue weighted by Crippen LogP contribution is -2.10. The number of carbonyl (C=O) groups excluding carboxylic acids is 1. The summed E-state index contributed by atoms with van der Waals surface area (Å²) in [7, 11) is 1.37. The topological polar surface area (TPSA) is 64.3 Å². The van der Waals surface area contributed by atoms with Crippen LogP contribution in [-0.4, -0.2) is 31.1 Å². The van der Waals surface area contributed by atoms with E-state index in [0.717, 1.165) is 18.7 Å². The van der Waals surface area contributed by atoms with Crippen LogP contribution >= 0.6 is 11.8 Å². The highest BCUT2D eigenvalue weighted by molar-refractivity contribution is 7.99. The van der Waals surface area contributed by atoms with Crippen molar-refractivity contribution in [1.82, 2.24) is 0 Å². The van der Waals surface area contributed by atoms with Gasteiger partial charge in [-0.3, -0.25) is 0 Å². The number of hydrogen-bond donors (Lipinski definition) is 2. The smallest absolute Gasteiger partial charge is 0.337 e. The third-order valence-corrected chi connectivity index (χ3v) is 3.78. The highest BCUT2D eigenvalue weighted by Crippen LogP contribution is 2.21. The van der Waals surface area contributed by atoms with E-state index in [1.807, 2.05) is 11.8 Å². The van der Waals surface area contributed by atoms with Gasteiger partial charge in [-0.15, -0.1) is 0 Å².